The van der Waals surface area contributed by atoms with Crippen LogP contribution in [0, 0.1) is 0 Å². The van der Waals surface area contributed by atoms with Gasteiger partial charge in [-0.25, -0.2) is 9.78 Å². The highest BCUT2D eigenvalue weighted by Gasteiger charge is 2.64. The minimum Gasteiger partial charge on any atom is -0.479 e. The maximum atomic E-state index is 12.8. The summed E-state index contributed by atoms with van der Waals surface area (Å²) in [5.41, 5.74) is 3.93. The topological polar surface area (TPSA) is 211 Å². The van der Waals surface area contributed by atoms with Crippen molar-refractivity contribution < 1.29 is 41.6 Å². The second-order valence-corrected chi connectivity index (χ2v) is 9.12. The van der Waals surface area contributed by atoms with Gasteiger partial charge in [0.1, 0.15) is 17.3 Å². The zero-order valence-corrected chi connectivity index (χ0v) is 17.3. The number of thioether (sulfide) groups is 1. The van der Waals surface area contributed by atoms with Crippen molar-refractivity contribution in [3.63, 3.8) is 0 Å². The molecule has 2 atom stereocenters. The van der Waals surface area contributed by atoms with E-state index in [1.54, 1.807) is 0 Å². The van der Waals surface area contributed by atoms with E-state index in [1.807, 2.05) is 0 Å². The third-order valence-corrected chi connectivity index (χ3v) is 6.40. The van der Waals surface area contributed by atoms with E-state index in [-0.39, 0.29) is 23.0 Å². The molecule has 0 unspecified atom stereocenters. The standard InChI is InChI=1S/C13H15N5O9S3/c14-12-15-6(4-29-12)8(17-26-3-7(19)20)10(21)16-9-11(22)18(27-30(23,24)25)13(9)1-2-28-5-13/h4,9H,1-3,5H2,(H2,14,15)(H,16,21)(H,19,20)(H,23,24,25)/t9-,13-/m1/s1. The third-order valence-electron chi connectivity index (χ3n) is 4.19. The molecule has 2 aliphatic heterocycles. The fourth-order valence-electron chi connectivity index (χ4n) is 2.93. The van der Waals surface area contributed by atoms with E-state index in [9.17, 15) is 22.8 Å². The number of carboxylic acids is 1. The van der Waals surface area contributed by atoms with Crippen molar-refractivity contribution >= 4 is 62.1 Å². The number of oxime groups is 1. The second kappa shape index (κ2) is 8.34. The fourth-order valence-corrected chi connectivity index (χ4v) is 5.31. The van der Waals surface area contributed by atoms with Crippen LogP contribution < -0.4 is 11.1 Å². The quantitative estimate of drug-likeness (QED) is 0.144. The number of nitrogens with two attached hydrogens (primary N) is 1. The summed E-state index contributed by atoms with van der Waals surface area (Å²) in [7, 11) is -4.95. The molecule has 0 saturated carbocycles. The molecular formula is C13H15N5O9S3. The molecule has 0 bridgehead atoms. The van der Waals surface area contributed by atoms with Gasteiger partial charge in [0.15, 0.2) is 10.8 Å². The monoisotopic (exact) mass is 481 g/mol. The molecule has 3 heterocycles. The van der Waals surface area contributed by atoms with Crippen LogP contribution in [0.25, 0.3) is 0 Å². The number of nitrogens with zero attached hydrogens (tertiary/aromatic N) is 3. The van der Waals surface area contributed by atoms with Crippen LogP contribution in [0.15, 0.2) is 10.5 Å². The number of rotatable bonds is 8. The number of thiazole rings is 1. The predicted molar refractivity (Wildman–Crippen MR) is 103 cm³/mol. The van der Waals surface area contributed by atoms with Crippen LogP contribution in [0.3, 0.4) is 0 Å². The van der Waals surface area contributed by atoms with E-state index < -0.39 is 52.1 Å². The number of carbonyl (C=O) groups excluding carboxylic acids is 2. The van der Waals surface area contributed by atoms with Crippen LogP contribution >= 0.6 is 23.1 Å². The highest BCUT2D eigenvalue weighted by molar-refractivity contribution is 7.99. The van der Waals surface area contributed by atoms with Crippen molar-refractivity contribution in [3.05, 3.63) is 11.1 Å². The van der Waals surface area contributed by atoms with E-state index in [0.717, 1.165) is 11.3 Å². The van der Waals surface area contributed by atoms with Gasteiger partial charge >= 0.3 is 16.4 Å². The number of aliphatic carboxylic acids is 1. The van der Waals surface area contributed by atoms with Crippen LogP contribution in [-0.4, -0.2) is 81.3 Å². The number of hydrogen-bond acceptors (Lipinski definition) is 12. The van der Waals surface area contributed by atoms with E-state index in [1.165, 1.54) is 17.1 Å². The Morgan fingerprint density at radius 2 is 2.23 bits per heavy atom. The van der Waals surface area contributed by atoms with Crippen molar-refractivity contribution in [2.24, 2.45) is 5.16 Å². The Bertz CT molecular complexity index is 1000. The Morgan fingerprint density at radius 3 is 2.77 bits per heavy atom. The third kappa shape index (κ3) is 4.48. The smallest absolute Gasteiger partial charge is 0.418 e. The van der Waals surface area contributed by atoms with E-state index in [2.05, 4.69) is 24.6 Å². The molecule has 0 radical (unpaired) electrons. The Morgan fingerprint density at radius 1 is 1.50 bits per heavy atom. The minimum absolute atomic E-state index is 0.00643. The van der Waals surface area contributed by atoms with Gasteiger partial charge in [0.25, 0.3) is 11.8 Å². The van der Waals surface area contributed by atoms with Crippen molar-refractivity contribution in [3.8, 4) is 0 Å². The molecule has 2 fully saturated rings. The van der Waals surface area contributed by atoms with Crippen molar-refractivity contribution in [1.29, 1.82) is 0 Å². The molecule has 2 saturated heterocycles. The molecule has 0 aromatic carbocycles. The molecular weight excluding hydrogens is 466 g/mol. The predicted octanol–water partition coefficient (Wildman–Crippen LogP) is -1.53. The molecule has 0 aliphatic carbocycles. The van der Waals surface area contributed by atoms with Crippen LogP contribution in [0.4, 0.5) is 5.13 Å². The molecule has 1 aromatic heterocycles. The molecule has 164 valence electrons. The summed E-state index contributed by atoms with van der Waals surface area (Å²) in [6.45, 7) is -0.824. The Balaban J connectivity index is 1.82. The van der Waals surface area contributed by atoms with Crippen LogP contribution in [0.2, 0.25) is 0 Å². The first-order valence-electron chi connectivity index (χ1n) is 8.06. The van der Waals surface area contributed by atoms with Crippen LogP contribution in [0.5, 0.6) is 0 Å². The summed E-state index contributed by atoms with van der Waals surface area (Å²) in [6, 6.07) is -1.18. The van der Waals surface area contributed by atoms with Crippen LogP contribution in [-0.2, 0) is 33.9 Å². The molecule has 2 aliphatic rings. The first-order valence-corrected chi connectivity index (χ1v) is 11.5. The molecule has 17 heteroatoms. The average molecular weight is 481 g/mol. The highest BCUT2D eigenvalue weighted by Crippen LogP contribution is 2.44. The fraction of sp³-hybridized carbons (Fsp3) is 0.462. The first kappa shape index (κ1) is 22.2. The molecule has 3 rings (SSSR count). The summed E-state index contributed by atoms with van der Waals surface area (Å²) in [4.78, 5) is 44.3. The lowest BCUT2D eigenvalue weighted by Crippen LogP contribution is -2.79. The van der Waals surface area contributed by atoms with Gasteiger partial charge in [0.2, 0.25) is 6.61 Å². The largest absolute Gasteiger partial charge is 0.479 e. The number of carboxylic acid groups (broad SMARTS) is 1. The maximum absolute atomic E-state index is 12.8. The molecule has 1 aromatic rings. The molecule has 5 N–H and O–H groups in total. The van der Waals surface area contributed by atoms with E-state index >= 15 is 0 Å². The number of β-lactam (4-membered cyclic amide) rings is 1. The SMILES string of the molecule is Nc1nc(C(=NOCC(=O)O)C(=O)N[C@@H]2C(=O)N(OS(=O)(=O)O)[C@@]23CCSC3)cs1. The summed E-state index contributed by atoms with van der Waals surface area (Å²) in [5, 5.41) is 16.6. The number of hydrogen-bond donors (Lipinski definition) is 4. The Hall–Kier alpha value is -2.47. The lowest BCUT2D eigenvalue weighted by atomic mass is 9.80. The summed E-state index contributed by atoms with van der Waals surface area (Å²) in [6.07, 6.45) is 0.287. The van der Waals surface area contributed by atoms with Gasteiger partial charge in [0, 0.05) is 11.1 Å². The van der Waals surface area contributed by atoms with Gasteiger partial charge in [-0.1, -0.05) is 5.16 Å². The van der Waals surface area contributed by atoms with E-state index in [0.29, 0.717) is 10.8 Å². The van der Waals surface area contributed by atoms with Gasteiger partial charge in [0.05, 0.1) is 0 Å². The summed E-state index contributed by atoms with van der Waals surface area (Å²) < 4.78 is 35.4. The first-order chi connectivity index (χ1) is 14.0. The van der Waals surface area contributed by atoms with Gasteiger partial charge in [-0.15, -0.1) is 15.6 Å². The number of nitrogen functional groups attached to an aromatic ring is 1. The molecule has 14 nitrogen and oxygen atoms in total. The number of hydroxylamine groups is 2. The molecule has 2 amide bonds. The van der Waals surface area contributed by atoms with Gasteiger partial charge < -0.3 is 21.0 Å². The number of nitrogens with one attached hydrogen (secondary N) is 1. The summed E-state index contributed by atoms with van der Waals surface area (Å²) >= 11 is 2.39. The van der Waals surface area contributed by atoms with Gasteiger partial charge in [-0.05, 0) is 12.2 Å². The molecule has 30 heavy (non-hydrogen) atoms. The van der Waals surface area contributed by atoms with Gasteiger partial charge in [-0.2, -0.15) is 25.2 Å². The molecule has 1 spiro atoms. The lowest BCUT2D eigenvalue weighted by molar-refractivity contribution is -0.220. The average Bonchev–Trinajstić information content (AvgIpc) is 3.31. The Labute approximate surface area is 177 Å². The second-order valence-electron chi connectivity index (χ2n) is 6.13. The number of anilines is 1. The van der Waals surface area contributed by atoms with Crippen molar-refractivity contribution in [2.45, 2.75) is 18.0 Å². The Kier molecular flexibility index (Phi) is 6.18. The zero-order valence-electron chi connectivity index (χ0n) is 14.9. The normalized spacial score (nSPS) is 24.0. The highest BCUT2D eigenvalue weighted by atomic mass is 32.3. The van der Waals surface area contributed by atoms with Crippen LogP contribution in [0.1, 0.15) is 12.1 Å². The minimum atomic E-state index is -4.95. The summed E-state index contributed by atoms with van der Waals surface area (Å²) in [5.74, 6) is -2.36. The van der Waals surface area contributed by atoms with Gasteiger partial charge in [-0.3, -0.25) is 14.1 Å². The van der Waals surface area contributed by atoms with Crippen molar-refractivity contribution in [1.82, 2.24) is 15.4 Å². The number of aromatic nitrogens is 1. The maximum Gasteiger partial charge on any atom is 0.418 e. The number of amides is 2. The van der Waals surface area contributed by atoms with Crippen molar-refractivity contribution in [2.75, 3.05) is 23.8 Å². The lowest BCUT2D eigenvalue weighted by Gasteiger charge is -2.52. The number of carbonyl (C=O) groups is 3. The zero-order chi connectivity index (χ0) is 22.1. The van der Waals surface area contributed by atoms with E-state index in [4.69, 9.17) is 15.4 Å².